The van der Waals surface area contributed by atoms with E-state index in [4.69, 9.17) is 5.11 Å². The quantitative estimate of drug-likeness (QED) is 0.696. The summed E-state index contributed by atoms with van der Waals surface area (Å²) >= 11 is 0. The van der Waals surface area contributed by atoms with Crippen molar-refractivity contribution in [1.82, 2.24) is 5.32 Å². The first-order valence-corrected chi connectivity index (χ1v) is 8.14. The zero-order valence-corrected chi connectivity index (χ0v) is 13.4. The molecule has 0 saturated carbocycles. The summed E-state index contributed by atoms with van der Waals surface area (Å²) in [6, 6.07) is 8.48. The third-order valence-electron chi connectivity index (χ3n) is 3.89. The van der Waals surface area contributed by atoms with E-state index in [0.29, 0.717) is 18.9 Å². The fraction of sp³-hybridized carbons (Fsp3) is 0.611. The number of carbonyl (C=O) groups is 1. The molecule has 1 aromatic rings. The maximum absolute atomic E-state index is 11.9. The highest BCUT2D eigenvalue weighted by Crippen LogP contribution is 2.10. The van der Waals surface area contributed by atoms with Crippen LogP contribution in [0.1, 0.15) is 50.7 Å². The molecule has 1 atom stereocenters. The largest absolute Gasteiger partial charge is 0.396 e. The minimum absolute atomic E-state index is 0.105. The number of aliphatic hydroxyl groups excluding tert-OH is 1. The minimum atomic E-state index is 0.105. The van der Waals surface area contributed by atoms with Gasteiger partial charge in [0, 0.05) is 19.6 Å². The van der Waals surface area contributed by atoms with E-state index in [-0.39, 0.29) is 12.5 Å². The fourth-order valence-electron chi connectivity index (χ4n) is 2.49. The van der Waals surface area contributed by atoms with E-state index in [1.165, 1.54) is 11.1 Å². The SMILES string of the molecule is CCCC(CCO)CNC(=O)CCc1ccc(CC)cc1. The average Bonchev–Trinajstić information content (AvgIpc) is 2.51. The Labute approximate surface area is 128 Å². The second-order valence-electron chi connectivity index (χ2n) is 5.64. The molecular weight excluding hydrogens is 262 g/mol. The molecule has 118 valence electrons. The highest BCUT2D eigenvalue weighted by atomic mass is 16.3. The predicted octanol–water partition coefficient (Wildman–Crippen LogP) is 3.10. The topological polar surface area (TPSA) is 49.3 Å². The number of benzene rings is 1. The highest BCUT2D eigenvalue weighted by Gasteiger charge is 2.09. The normalized spacial score (nSPS) is 12.1. The van der Waals surface area contributed by atoms with Gasteiger partial charge in [-0.25, -0.2) is 0 Å². The van der Waals surface area contributed by atoms with Gasteiger partial charge in [-0.05, 0) is 42.7 Å². The van der Waals surface area contributed by atoms with E-state index < -0.39 is 0 Å². The van der Waals surface area contributed by atoms with Gasteiger partial charge in [-0.1, -0.05) is 44.5 Å². The molecular formula is C18H29NO2. The van der Waals surface area contributed by atoms with E-state index in [2.05, 4.69) is 43.4 Å². The summed E-state index contributed by atoms with van der Waals surface area (Å²) < 4.78 is 0. The summed E-state index contributed by atoms with van der Waals surface area (Å²) in [5.74, 6) is 0.501. The van der Waals surface area contributed by atoms with Crippen molar-refractivity contribution in [3.05, 3.63) is 35.4 Å². The van der Waals surface area contributed by atoms with Crippen LogP contribution in [0.25, 0.3) is 0 Å². The fourth-order valence-corrected chi connectivity index (χ4v) is 2.49. The van der Waals surface area contributed by atoms with Gasteiger partial charge in [0.15, 0.2) is 0 Å². The van der Waals surface area contributed by atoms with Gasteiger partial charge in [0.2, 0.25) is 5.91 Å². The molecule has 0 aliphatic heterocycles. The molecule has 1 aromatic carbocycles. The van der Waals surface area contributed by atoms with Gasteiger partial charge in [0.05, 0.1) is 0 Å². The van der Waals surface area contributed by atoms with Crippen molar-refractivity contribution in [3.63, 3.8) is 0 Å². The molecule has 21 heavy (non-hydrogen) atoms. The first kappa shape index (κ1) is 17.7. The summed E-state index contributed by atoms with van der Waals surface area (Å²) in [5.41, 5.74) is 2.54. The Balaban J connectivity index is 2.29. The van der Waals surface area contributed by atoms with Crippen LogP contribution in [0, 0.1) is 5.92 Å². The van der Waals surface area contributed by atoms with Gasteiger partial charge in [-0.2, -0.15) is 0 Å². The van der Waals surface area contributed by atoms with Crippen LogP contribution in [-0.2, 0) is 17.6 Å². The predicted molar refractivity (Wildman–Crippen MR) is 87.3 cm³/mol. The monoisotopic (exact) mass is 291 g/mol. The highest BCUT2D eigenvalue weighted by molar-refractivity contribution is 5.76. The van der Waals surface area contributed by atoms with Crippen LogP contribution in [0.4, 0.5) is 0 Å². The Hall–Kier alpha value is -1.35. The molecule has 0 radical (unpaired) electrons. The molecule has 2 N–H and O–H groups in total. The van der Waals surface area contributed by atoms with Gasteiger partial charge in [0.1, 0.15) is 0 Å². The molecule has 0 spiro atoms. The van der Waals surface area contributed by atoms with Crippen LogP contribution in [0.3, 0.4) is 0 Å². The zero-order valence-electron chi connectivity index (χ0n) is 13.4. The molecule has 1 unspecified atom stereocenters. The number of aryl methyl sites for hydroxylation is 2. The van der Waals surface area contributed by atoms with Crippen LogP contribution in [0.5, 0.6) is 0 Å². The van der Waals surface area contributed by atoms with Gasteiger partial charge in [-0.15, -0.1) is 0 Å². The lowest BCUT2D eigenvalue weighted by Gasteiger charge is -2.15. The lowest BCUT2D eigenvalue weighted by atomic mass is 10.00. The standard InChI is InChI=1S/C18H29NO2/c1-3-5-17(12-13-20)14-19-18(21)11-10-16-8-6-15(4-2)7-9-16/h6-9,17,20H,3-5,10-14H2,1-2H3,(H,19,21). The van der Waals surface area contributed by atoms with Gasteiger partial charge < -0.3 is 10.4 Å². The molecule has 0 saturated heterocycles. The van der Waals surface area contributed by atoms with Crippen LogP contribution in [-0.4, -0.2) is 24.2 Å². The van der Waals surface area contributed by atoms with Crippen molar-refractivity contribution in [3.8, 4) is 0 Å². The third-order valence-corrected chi connectivity index (χ3v) is 3.89. The summed E-state index contributed by atoms with van der Waals surface area (Å²) in [7, 11) is 0. The van der Waals surface area contributed by atoms with Crippen molar-refractivity contribution in [2.24, 2.45) is 5.92 Å². The minimum Gasteiger partial charge on any atom is -0.396 e. The van der Waals surface area contributed by atoms with Crippen LogP contribution in [0.2, 0.25) is 0 Å². The number of nitrogens with one attached hydrogen (secondary N) is 1. The summed E-state index contributed by atoms with van der Waals surface area (Å²) in [4.78, 5) is 11.9. The second kappa shape index (κ2) is 10.4. The molecule has 3 nitrogen and oxygen atoms in total. The van der Waals surface area contributed by atoms with E-state index in [9.17, 15) is 4.79 Å². The maximum atomic E-state index is 11.9. The van der Waals surface area contributed by atoms with Crippen molar-refractivity contribution in [2.75, 3.05) is 13.2 Å². The molecule has 0 aliphatic rings. The van der Waals surface area contributed by atoms with Crippen LogP contribution < -0.4 is 5.32 Å². The van der Waals surface area contributed by atoms with E-state index in [0.717, 1.165) is 32.1 Å². The van der Waals surface area contributed by atoms with Crippen LogP contribution in [0.15, 0.2) is 24.3 Å². The number of rotatable bonds is 10. The molecule has 0 bridgehead atoms. The van der Waals surface area contributed by atoms with Crippen LogP contribution >= 0.6 is 0 Å². The smallest absolute Gasteiger partial charge is 0.220 e. The molecule has 0 aromatic heterocycles. The number of hydrogen-bond acceptors (Lipinski definition) is 2. The molecule has 1 rings (SSSR count). The zero-order chi connectivity index (χ0) is 15.5. The Morgan fingerprint density at radius 2 is 1.81 bits per heavy atom. The molecule has 0 heterocycles. The average molecular weight is 291 g/mol. The van der Waals surface area contributed by atoms with Crippen molar-refractivity contribution in [1.29, 1.82) is 0 Å². The number of hydrogen-bond donors (Lipinski definition) is 2. The Morgan fingerprint density at radius 1 is 1.14 bits per heavy atom. The van der Waals surface area contributed by atoms with Crippen molar-refractivity contribution in [2.45, 2.75) is 52.4 Å². The van der Waals surface area contributed by atoms with Gasteiger partial charge in [0.25, 0.3) is 0 Å². The Morgan fingerprint density at radius 3 is 2.38 bits per heavy atom. The lowest BCUT2D eigenvalue weighted by molar-refractivity contribution is -0.121. The second-order valence-corrected chi connectivity index (χ2v) is 5.64. The first-order valence-electron chi connectivity index (χ1n) is 8.14. The van der Waals surface area contributed by atoms with Crippen molar-refractivity contribution < 1.29 is 9.90 Å². The summed E-state index contributed by atoms with van der Waals surface area (Å²) in [5, 5.41) is 12.0. The van der Waals surface area contributed by atoms with Gasteiger partial charge >= 0.3 is 0 Å². The molecule has 1 amide bonds. The Bertz CT molecular complexity index is 394. The maximum Gasteiger partial charge on any atom is 0.220 e. The van der Waals surface area contributed by atoms with E-state index in [1.54, 1.807) is 0 Å². The number of carbonyl (C=O) groups excluding carboxylic acids is 1. The summed E-state index contributed by atoms with van der Waals surface area (Å²) in [6.45, 7) is 5.15. The lowest BCUT2D eigenvalue weighted by Crippen LogP contribution is -2.29. The van der Waals surface area contributed by atoms with E-state index >= 15 is 0 Å². The number of amides is 1. The molecule has 0 aliphatic carbocycles. The van der Waals surface area contributed by atoms with Gasteiger partial charge in [-0.3, -0.25) is 4.79 Å². The first-order chi connectivity index (χ1) is 10.2. The Kier molecular flexibility index (Phi) is 8.76. The van der Waals surface area contributed by atoms with E-state index in [1.807, 2.05) is 0 Å². The third kappa shape index (κ3) is 7.28. The molecule has 0 fully saturated rings. The van der Waals surface area contributed by atoms with Crippen molar-refractivity contribution >= 4 is 5.91 Å². The number of aliphatic hydroxyl groups is 1. The summed E-state index contributed by atoms with van der Waals surface area (Å²) in [6.07, 6.45) is 5.28. The molecule has 3 heteroatoms.